The first kappa shape index (κ1) is 16.2. The van der Waals surface area contributed by atoms with Crippen LogP contribution in [0.1, 0.15) is 6.42 Å². The molecule has 0 aliphatic rings. The highest BCUT2D eigenvalue weighted by molar-refractivity contribution is 8.01. The topological polar surface area (TPSA) is 95.9 Å². The summed E-state index contributed by atoms with van der Waals surface area (Å²) in [5.41, 5.74) is 5.64. The molecule has 22 heavy (non-hydrogen) atoms. The molecule has 0 saturated heterocycles. The molecular formula is C13H12FN5OS2. The number of thioether (sulfide) groups is 1. The molecule has 2 N–H and O–H groups in total. The number of hydrogen-bond donors (Lipinski definition) is 1. The van der Waals surface area contributed by atoms with Gasteiger partial charge in [-0.1, -0.05) is 35.2 Å². The SMILES string of the molecule is N#CCCN(C(=O)CSc1nnc(N)s1)c1ccccc1F. The average molecular weight is 337 g/mol. The number of nitriles is 1. The Kier molecular flexibility index (Phi) is 5.68. The fraction of sp³-hybridized carbons (Fsp3) is 0.231. The van der Waals surface area contributed by atoms with Crippen LogP contribution in [0.5, 0.6) is 0 Å². The molecule has 1 amide bonds. The number of aromatic nitrogens is 2. The van der Waals surface area contributed by atoms with E-state index >= 15 is 0 Å². The van der Waals surface area contributed by atoms with E-state index in [9.17, 15) is 9.18 Å². The Balaban J connectivity index is 2.09. The minimum atomic E-state index is -0.501. The number of anilines is 2. The van der Waals surface area contributed by atoms with Gasteiger partial charge in [-0.2, -0.15) is 5.26 Å². The first-order chi connectivity index (χ1) is 10.6. The summed E-state index contributed by atoms with van der Waals surface area (Å²) in [6, 6.07) is 7.94. The number of carbonyl (C=O) groups excluding carboxylic acids is 1. The Labute approximate surface area is 134 Å². The molecule has 114 valence electrons. The maximum absolute atomic E-state index is 13.9. The molecule has 0 spiro atoms. The molecular weight excluding hydrogens is 325 g/mol. The smallest absolute Gasteiger partial charge is 0.237 e. The predicted octanol–water partition coefficient (Wildman–Crippen LogP) is 2.30. The quantitative estimate of drug-likeness (QED) is 0.813. The summed E-state index contributed by atoms with van der Waals surface area (Å²) >= 11 is 2.36. The van der Waals surface area contributed by atoms with E-state index in [1.54, 1.807) is 12.1 Å². The van der Waals surface area contributed by atoms with Crippen LogP contribution in [0, 0.1) is 17.1 Å². The predicted molar refractivity (Wildman–Crippen MR) is 84.0 cm³/mol. The van der Waals surface area contributed by atoms with Crippen molar-refractivity contribution in [3.63, 3.8) is 0 Å². The van der Waals surface area contributed by atoms with Gasteiger partial charge in [-0.15, -0.1) is 10.2 Å². The van der Waals surface area contributed by atoms with Crippen LogP contribution in [0.4, 0.5) is 15.2 Å². The number of para-hydroxylation sites is 1. The Morgan fingerprint density at radius 3 is 2.86 bits per heavy atom. The lowest BCUT2D eigenvalue weighted by atomic mass is 10.2. The Morgan fingerprint density at radius 1 is 1.45 bits per heavy atom. The largest absolute Gasteiger partial charge is 0.374 e. The highest BCUT2D eigenvalue weighted by Crippen LogP contribution is 2.25. The number of amides is 1. The molecule has 0 fully saturated rings. The fourth-order valence-corrected chi connectivity index (χ4v) is 3.20. The summed E-state index contributed by atoms with van der Waals surface area (Å²) in [4.78, 5) is 13.6. The fourth-order valence-electron chi connectivity index (χ4n) is 1.69. The van der Waals surface area contributed by atoms with Gasteiger partial charge >= 0.3 is 0 Å². The molecule has 0 bridgehead atoms. The molecule has 0 radical (unpaired) electrons. The second-order valence-electron chi connectivity index (χ2n) is 4.10. The first-order valence-corrected chi connectivity index (χ1v) is 8.05. The first-order valence-electron chi connectivity index (χ1n) is 6.25. The summed E-state index contributed by atoms with van der Waals surface area (Å²) in [6.07, 6.45) is 0.122. The number of carbonyl (C=O) groups is 1. The molecule has 0 aliphatic carbocycles. The van der Waals surface area contributed by atoms with Crippen molar-refractivity contribution in [2.45, 2.75) is 10.8 Å². The van der Waals surface area contributed by atoms with Gasteiger partial charge in [-0.05, 0) is 12.1 Å². The molecule has 0 unspecified atom stereocenters. The van der Waals surface area contributed by atoms with Gasteiger partial charge in [0.05, 0.1) is 23.9 Å². The number of nitrogen functional groups attached to an aromatic ring is 1. The highest BCUT2D eigenvalue weighted by Gasteiger charge is 2.19. The normalized spacial score (nSPS) is 10.2. The van der Waals surface area contributed by atoms with Crippen molar-refractivity contribution in [2.75, 3.05) is 22.9 Å². The van der Waals surface area contributed by atoms with Crippen LogP contribution in [0.3, 0.4) is 0 Å². The van der Waals surface area contributed by atoms with Gasteiger partial charge in [-0.25, -0.2) is 4.39 Å². The second-order valence-corrected chi connectivity index (χ2v) is 6.33. The van der Waals surface area contributed by atoms with Crippen LogP contribution in [0.15, 0.2) is 28.6 Å². The Hall–Kier alpha value is -2.18. The molecule has 0 saturated carbocycles. The lowest BCUT2D eigenvalue weighted by molar-refractivity contribution is -0.116. The maximum atomic E-state index is 13.9. The van der Waals surface area contributed by atoms with Crippen LogP contribution in [0.2, 0.25) is 0 Å². The summed E-state index contributed by atoms with van der Waals surface area (Å²) in [7, 11) is 0. The van der Waals surface area contributed by atoms with Gasteiger partial charge in [0, 0.05) is 6.54 Å². The minimum absolute atomic E-state index is 0.0639. The van der Waals surface area contributed by atoms with E-state index < -0.39 is 5.82 Å². The lowest BCUT2D eigenvalue weighted by Crippen LogP contribution is -2.34. The zero-order valence-electron chi connectivity index (χ0n) is 11.4. The van der Waals surface area contributed by atoms with Gasteiger partial charge in [-0.3, -0.25) is 4.79 Å². The summed E-state index contributed by atoms with van der Waals surface area (Å²) in [5.74, 6) is -0.743. The van der Waals surface area contributed by atoms with E-state index in [4.69, 9.17) is 11.0 Å². The molecule has 2 aromatic rings. The number of benzene rings is 1. The third-order valence-electron chi connectivity index (χ3n) is 2.63. The Bertz CT molecular complexity index is 700. The standard InChI is InChI=1S/C13H12FN5OS2/c14-9-4-1-2-5-10(9)19(7-3-6-15)11(20)8-21-13-18-17-12(16)22-13/h1-2,4-5H,3,7-8H2,(H2,16,17). The molecule has 1 heterocycles. The van der Waals surface area contributed by atoms with Crippen molar-refractivity contribution in [1.82, 2.24) is 10.2 Å². The summed E-state index contributed by atoms with van der Waals surface area (Å²) < 4.78 is 14.4. The van der Waals surface area contributed by atoms with E-state index in [0.717, 1.165) is 0 Å². The minimum Gasteiger partial charge on any atom is -0.374 e. The van der Waals surface area contributed by atoms with E-state index in [-0.39, 0.29) is 30.3 Å². The third kappa shape index (κ3) is 4.16. The zero-order chi connectivity index (χ0) is 15.9. The molecule has 9 heteroatoms. The highest BCUT2D eigenvalue weighted by atomic mass is 32.2. The molecule has 0 aliphatic heterocycles. The van der Waals surface area contributed by atoms with Gasteiger partial charge in [0.25, 0.3) is 0 Å². The van der Waals surface area contributed by atoms with E-state index in [1.165, 1.54) is 40.1 Å². The summed E-state index contributed by atoms with van der Waals surface area (Å²) in [6.45, 7) is 0.134. The number of halogens is 1. The molecule has 2 rings (SSSR count). The molecule has 1 aromatic carbocycles. The van der Waals surface area contributed by atoms with Crippen molar-refractivity contribution in [3.8, 4) is 6.07 Å². The number of rotatable bonds is 6. The summed E-state index contributed by atoms with van der Waals surface area (Å²) in [5, 5.41) is 16.5. The van der Waals surface area contributed by atoms with Crippen LogP contribution in [-0.4, -0.2) is 28.4 Å². The van der Waals surface area contributed by atoms with Gasteiger partial charge in [0.1, 0.15) is 5.82 Å². The number of nitrogens with zero attached hydrogens (tertiary/aromatic N) is 4. The van der Waals surface area contributed by atoms with Crippen LogP contribution in [-0.2, 0) is 4.79 Å². The van der Waals surface area contributed by atoms with E-state index in [2.05, 4.69) is 10.2 Å². The van der Waals surface area contributed by atoms with Gasteiger partial charge in [0.15, 0.2) is 4.34 Å². The van der Waals surface area contributed by atoms with Crippen molar-refractivity contribution < 1.29 is 9.18 Å². The van der Waals surface area contributed by atoms with Crippen LogP contribution < -0.4 is 10.6 Å². The van der Waals surface area contributed by atoms with Crippen LogP contribution >= 0.6 is 23.1 Å². The average Bonchev–Trinajstić information content (AvgIpc) is 2.93. The second kappa shape index (κ2) is 7.72. The van der Waals surface area contributed by atoms with Crippen LogP contribution in [0.25, 0.3) is 0 Å². The maximum Gasteiger partial charge on any atom is 0.237 e. The number of nitrogens with two attached hydrogens (primary N) is 1. The van der Waals surface area contributed by atoms with Gasteiger partial charge in [0.2, 0.25) is 11.0 Å². The van der Waals surface area contributed by atoms with Crippen molar-refractivity contribution in [3.05, 3.63) is 30.1 Å². The number of hydrogen-bond acceptors (Lipinski definition) is 7. The molecule has 0 atom stereocenters. The van der Waals surface area contributed by atoms with Crippen molar-refractivity contribution in [1.29, 1.82) is 5.26 Å². The van der Waals surface area contributed by atoms with Crippen molar-refractivity contribution in [2.24, 2.45) is 0 Å². The lowest BCUT2D eigenvalue weighted by Gasteiger charge is -2.21. The molecule has 6 nitrogen and oxygen atoms in total. The van der Waals surface area contributed by atoms with E-state index in [0.29, 0.717) is 9.47 Å². The van der Waals surface area contributed by atoms with Crippen molar-refractivity contribution >= 4 is 39.8 Å². The van der Waals surface area contributed by atoms with Gasteiger partial charge < -0.3 is 10.6 Å². The third-order valence-corrected chi connectivity index (χ3v) is 4.50. The van der Waals surface area contributed by atoms with E-state index in [1.807, 2.05) is 6.07 Å². The zero-order valence-corrected chi connectivity index (χ0v) is 13.0. The molecule has 1 aromatic heterocycles. The monoisotopic (exact) mass is 337 g/mol. The Morgan fingerprint density at radius 2 is 2.23 bits per heavy atom.